The summed E-state index contributed by atoms with van der Waals surface area (Å²) in [6, 6.07) is 23.6. The summed E-state index contributed by atoms with van der Waals surface area (Å²) in [4.78, 5) is 38.5. The van der Waals surface area contributed by atoms with Gasteiger partial charge in [0.25, 0.3) is 5.91 Å². The Morgan fingerprint density at radius 1 is 1.00 bits per heavy atom. The molecule has 0 saturated carbocycles. The van der Waals surface area contributed by atoms with Crippen molar-refractivity contribution in [2.45, 2.75) is 6.54 Å². The largest absolute Gasteiger partial charge is 0.354 e. The third-order valence-electron chi connectivity index (χ3n) is 7.37. The van der Waals surface area contributed by atoms with Crippen molar-refractivity contribution < 1.29 is 14.0 Å². The molecule has 0 aliphatic carbocycles. The van der Waals surface area contributed by atoms with Crippen LogP contribution in [0.2, 0.25) is 0 Å². The molecule has 1 fully saturated rings. The lowest BCUT2D eigenvalue weighted by atomic mass is 9.97. The Bertz CT molecular complexity index is 1820. The lowest BCUT2D eigenvalue weighted by Gasteiger charge is -2.35. The topological polar surface area (TPSA) is 120 Å². The maximum atomic E-state index is 15.5. The number of fused-ring (bicyclic) bond motifs is 1. The highest BCUT2D eigenvalue weighted by Crippen LogP contribution is 2.34. The molecule has 1 aliphatic heterocycles. The summed E-state index contributed by atoms with van der Waals surface area (Å²) in [6.45, 7) is 4.07. The second kappa shape index (κ2) is 12.3. The molecule has 1 amide bonds. The number of carbonyl (C=O) groups excluding carboxylic acids is 1. The minimum atomic E-state index is -0.811. The number of rotatable bonds is 7. The van der Waals surface area contributed by atoms with Crippen LogP contribution in [0.1, 0.15) is 21.9 Å². The van der Waals surface area contributed by atoms with E-state index < -0.39 is 11.7 Å². The first kappa shape index (κ1) is 27.8. The number of benzene rings is 2. The van der Waals surface area contributed by atoms with Crippen molar-refractivity contribution in [2.75, 3.05) is 38.2 Å². The zero-order valence-corrected chi connectivity index (χ0v) is 23.4. The van der Waals surface area contributed by atoms with Gasteiger partial charge in [0, 0.05) is 61.6 Å². The summed E-state index contributed by atoms with van der Waals surface area (Å²) in [6.07, 6.45) is 3.06. The van der Waals surface area contributed by atoms with Crippen molar-refractivity contribution in [3.8, 4) is 28.5 Å². The first-order valence-electron chi connectivity index (χ1n) is 13.7. The molecule has 6 rings (SSSR count). The third kappa shape index (κ3) is 5.88. The Hall–Kier alpha value is -5.31. The third-order valence-corrected chi connectivity index (χ3v) is 7.37. The summed E-state index contributed by atoms with van der Waals surface area (Å²) in [7, 11) is 1.27. The van der Waals surface area contributed by atoms with Crippen LogP contribution >= 0.6 is 0 Å². The Labute approximate surface area is 247 Å². The van der Waals surface area contributed by atoms with E-state index in [1.807, 2.05) is 60.7 Å². The second-order valence-electron chi connectivity index (χ2n) is 10.1. The first-order valence-corrected chi connectivity index (χ1v) is 13.7. The summed E-state index contributed by atoms with van der Waals surface area (Å²) >= 11 is 0. The maximum absolute atomic E-state index is 15.5. The monoisotopic (exact) mass is 574 g/mol. The number of nitrogens with zero attached hydrogens (tertiary/aromatic N) is 7. The van der Waals surface area contributed by atoms with Crippen molar-refractivity contribution >= 4 is 22.6 Å². The smallest absolute Gasteiger partial charge is 0.296 e. The Morgan fingerprint density at radius 2 is 1.77 bits per heavy atom. The van der Waals surface area contributed by atoms with Crippen molar-refractivity contribution in [1.29, 1.82) is 5.26 Å². The molecule has 0 unspecified atom stereocenters. The van der Waals surface area contributed by atoms with E-state index in [2.05, 4.69) is 47.2 Å². The van der Waals surface area contributed by atoms with Crippen LogP contribution in [0.5, 0.6) is 0 Å². The molecule has 1 N–H and O–H groups in total. The number of pyridine rings is 2. The molecule has 1 saturated heterocycles. The van der Waals surface area contributed by atoms with Gasteiger partial charge in [-0.1, -0.05) is 54.6 Å². The van der Waals surface area contributed by atoms with Crippen LogP contribution in [0, 0.1) is 17.1 Å². The minimum absolute atomic E-state index is 0.0541. The quantitative estimate of drug-likeness (QED) is 0.282. The Kier molecular flexibility index (Phi) is 7.95. The van der Waals surface area contributed by atoms with Gasteiger partial charge < -0.3 is 4.90 Å². The molecule has 5 aromatic rings. The van der Waals surface area contributed by atoms with Crippen molar-refractivity contribution in [1.82, 2.24) is 30.3 Å². The van der Waals surface area contributed by atoms with Gasteiger partial charge in [0.15, 0.2) is 11.5 Å². The molecule has 1 aliphatic rings. The van der Waals surface area contributed by atoms with Gasteiger partial charge >= 0.3 is 0 Å². The summed E-state index contributed by atoms with van der Waals surface area (Å²) in [5.41, 5.74) is 6.11. The van der Waals surface area contributed by atoms with Crippen molar-refractivity contribution in [2.24, 2.45) is 0 Å². The number of aromatic nitrogens is 4. The van der Waals surface area contributed by atoms with Crippen LogP contribution in [-0.4, -0.2) is 64.0 Å². The average Bonchev–Trinajstić information content (AvgIpc) is 3.06. The molecule has 214 valence electrons. The normalized spacial score (nSPS) is 13.6. The van der Waals surface area contributed by atoms with Gasteiger partial charge in [-0.2, -0.15) is 5.26 Å². The molecule has 43 heavy (non-hydrogen) atoms. The first-order chi connectivity index (χ1) is 21.0. The summed E-state index contributed by atoms with van der Waals surface area (Å²) in [5.74, 6) is -0.653. The lowest BCUT2D eigenvalue weighted by molar-refractivity contribution is 0.0528. The molecule has 10 nitrogen and oxygen atoms in total. The molecule has 11 heteroatoms. The highest BCUT2D eigenvalue weighted by molar-refractivity contribution is 5.97. The number of hydrogen-bond donors (Lipinski definition) is 1. The molecular formula is C32H27FN8O2. The summed E-state index contributed by atoms with van der Waals surface area (Å²) < 4.78 is 15.5. The van der Waals surface area contributed by atoms with Crippen LogP contribution in [-0.2, 0) is 11.4 Å². The van der Waals surface area contributed by atoms with Gasteiger partial charge in [-0.25, -0.2) is 29.8 Å². The number of hydroxylamine groups is 1. The van der Waals surface area contributed by atoms with Crippen LogP contribution in [0.4, 0.5) is 10.2 Å². The van der Waals surface area contributed by atoms with Gasteiger partial charge in [0.05, 0.1) is 12.8 Å². The number of piperazine rings is 1. The van der Waals surface area contributed by atoms with E-state index in [0.29, 0.717) is 11.1 Å². The highest BCUT2D eigenvalue weighted by atomic mass is 19.1. The average molecular weight is 575 g/mol. The molecule has 3 aromatic heterocycles. The van der Waals surface area contributed by atoms with E-state index in [-0.39, 0.29) is 17.0 Å². The molecule has 0 atom stereocenters. The lowest BCUT2D eigenvalue weighted by Crippen LogP contribution is -2.46. The molecule has 0 bridgehead atoms. The van der Waals surface area contributed by atoms with E-state index in [9.17, 15) is 4.79 Å². The number of halogens is 1. The van der Waals surface area contributed by atoms with Crippen LogP contribution < -0.4 is 10.4 Å². The van der Waals surface area contributed by atoms with E-state index in [0.717, 1.165) is 60.8 Å². The molecule has 4 heterocycles. The fourth-order valence-electron chi connectivity index (χ4n) is 5.20. The van der Waals surface area contributed by atoms with E-state index in [1.165, 1.54) is 13.3 Å². The van der Waals surface area contributed by atoms with E-state index in [1.54, 1.807) is 6.20 Å². The van der Waals surface area contributed by atoms with Gasteiger partial charge in [0.1, 0.15) is 17.4 Å². The molecular weight excluding hydrogens is 547 g/mol. The number of amides is 1. The van der Waals surface area contributed by atoms with Gasteiger partial charge in [-0.15, -0.1) is 0 Å². The minimum Gasteiger partial charge on any atom is -0.354 e. The van der Waals surface area contributed by atoms with Crippen LogP contribution in [0.25, 0.3) is 33.3 Å². The standard InChI is InChI=1S/C32H27FN8O2/c1-43-39-32(42)31-28(33)30-24(19-36-31)17-25(22-5-3-2-4-6-22)29(38-30)23-9-7-21(8-10-23)20-40-13-15-41(16-14-40)27-11-12-35-26(18-34)37-27/h2-12,17,19H,13-16,20H2,1H3,(H,39,42). The SMILES string of the molecule is CONC(=O)c1ncc2cc(-c3ccccc3)c(-c3ccc(CN4CCN(c5ccnc(C#N)n5)CC4)cc3)nc2c1F. The maximum Gasteiger partial charge on any atom is 0.296 e. The predicted molar refractivity (Wildman–Crippen MR) is 159 cm³/mol. The van der Waals surface area contributed by atoms with Crippen molar-refractivity contribution in [3.05, 3.63) is 102 Å². The molecule has 2 aromatic carbocycles. The van der Waals surface area contributed by atoms with Crippen molar-refractivity contribution in [3.63, 3.8) is 0 Å². The van der Waals surface area contributed by atoms with Gasteiger partial charge in [0.2, 0.25) is 5.82 Å². The molecule has 0 radical (unpaired) electrons. The number of anilines is 1. The number of hydrogen-bond acceptors (Lipinski definition) is 9. The van der Waals surface area contributed by atoms with E-state index >= 15 is 4.39 Å². The fraction of sp³-hybridized carbons (Fsp3) is 0.188. The summed E-state index contributed by atoms with van der Waals surface area (Å²) in [5, 5.41) is 9.58. The Morgan fingerprint density at radius 3 is 2.49 bits per heavy atom. The molecule has 0 spiro atoms. The second-order valence-corrected chi connectivity index (χ2v) is 10.1. The number of carbonyl (C=O) groups is 1. The Balaban J connectivity index is 1.25. The number of nitriles is 1. The highest BCUT2D eigenvalue weighted by Gasteiger charge is 2.21. The van der Waals surface area contributed by atoms with E-state index in [4.69, 9.17) is 10.2 Å². The van der Waals surface area contributed by atoms with Crippen LogP contribution in [0.15, 0.2) is 79.1 Å². The van der Waals surface area contributed by atoms with Gasteiger partial charge in [-0.05, 0) is 23.3 Å². The number of nitrogens with one attached hydrogen (secondary N) is 1. The zero-order valence-electron chi connectivity index (χ0n) is 23.4. The fourth-order valence-corrected chi connectivity index (χ4v) is 5.20. The van der Waals surface area contributed by atoms with Crippen LogP contribution in [0.3, 0.4) is 0 Å². The zero-order chi connectivity index (χ0) is 29.8. The predicted octanol–water partition coefficient (Wildman–Crippen LogP) is 4.38. The van der Waals surface area contributed by atoms with Gasteiger partial charge in [-0.3, -0.25) is 14.5 Å².